The van der Waals surface area contributed by atoms with Crippen molar-refractivity contribution in [1.82, 2.24) is 0 Å². The summed E-state index contributed by atoms with van der Waals surface area (Å²) in [6.45, 7) is -0.239. The molecule has 0 atom stereocenters. The number of esters is 1. The van der Waals surface area contributed by atoms with Crippen LogP contribution in [0.2, 0.25) is 5.02 Å². The minimum Gasteiger partial charge on any atom is -0.457 e. The van der Waals surface area contributed by atoms with Crippen molar-refractivity contribution < 1.29 is 28.0 Å². The zero-order valence-corrected chi connectivity index (χ0v) is 15.4. The molecule has 0 aromatic heterocycles. The molecule has 3 aromatic rings. The molecule has 9 heteroatoms. The highest BCUT2D eigenvalue weighted by Gasteiger charge is 2.19. The average Bonchev–Trinajstić information content (AvgIpc) is 2.68. The zero-order valence-electron chi connectivity index (χ0n) is 14.6. The third kappa shape index (κ3) is 5.05. The number of hydrogen-bond donors (Lipinski definition) is 0. The lowest BCUT2D eigenvalue weighted by molar-refractivity contribution is -0.385. The number of carbonyl (C=O) groups is 1. The van der Waals surface area contributed by atoms with E-state index in [4.69, 9.17) is 21.1 Å². The van der Waals surface area contributed by atoms with E-state index >= 15 is 0 Å². The lowest BCUT2D eigenvalue weighted by atomic mass is 10.2. The van der Waals surface area contributed by atoms with Gasteiger partial charge in [-0.05, 0) is 42.0 Å². The number of halogens is 3. The van der Waals surface area contributed by atoms with E-state index in [0.29, 0.717) is 16.7 Å². The molecule has 0 heterocycles. The molecule has 0 saturated heterocycles. The van der Waals surface area contributed by atoms with Crippen LogP contribution in [0.3, 0.4) is 0 Å². The third-order valence-corrected chi connectivity index (χ3v) is 4.00. The van der Waals surface area contributed by atoms with Crippen LogP contribution in [0.1, 0.15) is 15.9 Å². The van der Waals surface area contributed by atoms with Gasteiger partial charge in [0.15, 0.2) is 11.6 Å². The monoisotopic (exact) mass is 419 g/mol. The summed E-state index contributed by atoms with van der Waals surface area (Å²) < 4.78 is 37.1. The van der Waals surface area contributed by atoms with Crippen molar-refractivity contribution in [2.75, 3.05) is 0 Å². The SMILES string of the molecule is O=C(OCc1ccc(Oc2ccc(F)cc2F)c([N+](=O)[O-])c1)c1cccc(Cl)c1. The number of rotatable bonds is 6. The largest absolute Gasteiger partial charge is 0.457 e. The number of nitro benzene ring substituents is 1. The molecule has 0 spiro atoms. The van der Waals surface area contributed by atoms with E-state index in [2.05, 4.69) is 0 Å². The first-order valence-corrected chi connectivity index (χ1v) is 8.54. The highest BCUT2D eigenvalue weighted by molar-refractivity contribution is 6.30. The van der Waals surface area contributed by atoms with Crippen molar-refractivity contribution in [2.45, 2.75) is 6.61 Å². The van der Waals surface area contributed by atoms with Gasteiger partial charge in [0.05, 0.1) is 10.5 Å². The smallest absolute Gasteiger partial charge is 0.338 e. The molecule has 29 heavy (non-hydrogen) atoms. The molecule has 0 fully saturated rings. The van der Waals surface area contributed by atoms with E-state index in [0.717, 1.165) is 18.2 Å². The van der Waals surface area contributed by atoms with Gasteiger partial charge >= 0.3 is 11.7 Å². The van der Waals surface area contributed by atoms with E-state index in [9.17, 15) is 23.7 Å². The van der Waals surface area contributed by atoms with Gasteiger partial charge in [0.2, 0.25) is 5.75 Å². The minimum atomic E-state index is -1.00. The summed E-state index contributed by atoms with van der Waals surface area (Å²) in [5.74, 6) is -3.07. The Bertz CT molecular complexity index is 1090. The second kappa shape index (κ2) is 8.66. The molecule has 0 aliphatic rings. The molecule has 6 nitrogen and oxygen atoms in total. The van der Waals surface area contributed by atoms with Gasteiger partial charge in [-0.3, -0.25) is 10.1 Å². The Hall–Kier alpha value is -3.52. The summed E-state index contributed by atoms with van der Waals surface area (Å²) in [7, 11) is 0. The van der Waals surface area contributed by atoms with Crippen molar-refractivity contribution in [3.05, 3.63) is 98.6 Å². The summed E-state index contributed by atoms with van der Waals surface area (Å²) in [5, 5.41) is 11.7. The molecule has 3 aromatic carbocycles. The molecule has 148 valence electrons. The molecule has 0 N–H and O–H groups in total. The van der Waals surface area contributed by atoms with Gasteiger partial charge in [-0.25, -0.2) is 13.6 Å². The number of nitrogens with zero attached hydrogens (tertiary/aromatic N) is 1. The molecule has 0 radical (unpaired) electrons. The predicted molar refractivity (Wildman–Crippen MR) is 100 cm³/mol. The van der Waals surface area contributed by atoms with Crippen molar-refractivity contribution in [3.8, 4) is 11.5 Å². The van der Waals surface area contributed by atoms with E-state index in [1.807, 2.05) is 0 Å². The van der Waals surface area contributed by atoms with Crippen molar-refractivity contribution >= 4 is 23.3 Å². The van der Waals surface area contributed by atoms with Gasteiger partial charge in [-0.15, -0.1) is 0 Å². The van der Waals surface area contributed by atoms with E-state index < -0.39 is 28.2 Å². The van der Waals surface area contributed by atoms with Crippen LogP contribution in [-0.2, 0) is 11.3 Å². The predicted octanol–water partition coefficient (Wildman–Crippen LogP) is 5.68. The molecule has 0 bridgehead atoms. The quantitative estimate of drug-likeness (QED) is 0.292. The highest BCUT2D eigenvalue weighted by atomic mass is 35.5. The van der Waals surface area contributed by atoms with Gasteiger partial charge in [-0.1, -0.05) is 23.7 Å². The third-order valence-electron chi connectivity index (χ3n) is 3.76. The Kier molecular flexibility index (Phi) is 6.04. The van der Waals surface area contributed by atoms with E-state index in [-0.39, 0.29) is 23.7 Å². The number of hydrogen-bond acceptors (Lipinski definition) is 5. The lowest BCUT2D eigenvalue weighted by Gasteiger charge is -2.09. The first kappa shape index (κ1) is 20.2. The van der Waals surface area contributed by atoms with Crippen LogP contribution in [0.5, 0.6) is 11.5 Å². The fourth-order valence-corrected chi connectivity index (χ4v) is 2.60. The highest BCUT2D eigenvalue weighted by Crippen LogP contribution is 2.33. The van der Waals surface area contributed by atoms with Crippen LogP contribution in [0.15, 0.2) is 60.7 Å². The molecular formula is C20H12ClF2NO5. The van der Waals surface area contributed by atoms with Crippen molar-refractivity contribution in [1.29, 1.82) is 0 Å². The number of nitro groups is 1. The molecule has 3 rings (SSSR count). The first-order chi connectivity index (χ1) is 13.8. The number of ether oxygens (including phenoxy) is 2. The van der Waals surface area contributed by atoms with Gasteiger partial charge < -0.3 is 9.47 Å². The van der Waals surface area contributed by atoms with Crippen LogP contribution in [0.25, 0.3) is 0 Å². The van der Waals surface area contributed by atoms with Crippen LogP contribution in [-0.4, -0.2) is 10.9 Å². The summed E-state index contributed by atoms with van der Waals surface area (Å²) in [6.07, 6.45) is 0. The molecule has 0 amide bonds. The van der Waals surface area contributed by atoms with Crippen LogP contribution in [0, 0.1) is 21.7 Å². The van der Waals surface area contributed by atoms with E-state index in [1.54, 1.807) is 12.1 Å². The number of benzene rings is 3. The molecular weight excluding hydrogens is 408 g/mol. The average molecular weight is 420 g/mol. The maximum atomic E-state index is 13.7. The Balaban J connectivity index is 1.77. The standard InChI is InChI=1S/C20H12ClF2NO5/c21-14-3-1-2-13(9-14)20(25)28-11-12-4-6-19(17(8-12)24(26)27)29-18-7-5-15(22)10-16(18)23/h1-10H,11H2. The second-order valence-electron chi connectivity index (χ2n) is 5.82. The summed E-state index contributed by atoms with van der Waals surface area (Å²) in [4.78, 5) is 22.7. The zero-order chi connectivity index (χ0) is 21.0. The van der Waals surface area contributed by atoms with Crippen LogP contribution >= 0.6 is 11.6 Å². The maximum Gasteiger partial charge on any atom is 0.338 e. The lowest BCUT2D eigenvalue weighted by Crippen LogP contribution is -2.05. The molecule has 0 aliphatic carbocycles. The van der Waals surface area contributed by atoms with Gasteiger partial charge in [-0.2, -0.15) is 0 Å². The Morgan fingerprint density at radius 1 is 1.03 bits per heavy atom. The fourth-order valence-electron chi connectivity index (χ4n) is 2.41. The second-order valence-corrected chi connectivity index (χ2v) is 6.26. The molecule has 0 saturated carbocycles. The van der Waals surface area contributed by atoms with Crippen molar-refractivity contribution in [2.24, 2.45) is 0 Å². The van der Waals surface area contributed by atoms with Crippen molar-refractivity contribution in [3.63, 3.8) is 0 Å². The molecule has 0 unspecified atom stereocenters. The summed E-state index contributed by atoms with van der Waals surface area (Å²) in [6, 6.07) is 12.5. The van der Waals surface area contributed by atoms with Crippen LogP contribution in [0.4, 0.5) is 14.5 Å². The Morgan fingerprint density at radius 3 is 2.48 bits per heavy atom. The topological polar surface area (TPSA) is 78.7 Å². The Morgan fingerprint density at radius 2 is 1.79 bits per heavy atom. The van der Waals surface area contributed by atoms with E-state index in [1.165, 1.54) is 24.3 Å². The van der Waals surface area contributed by atoms with Gasteiger partial charge in [0.25, 0.3) is 0 Å². The summed E-state index contributed by atoms with van der Waals surface area (Å²) in [5.41, 5.74) is 0.0859. The fraction of sp³-hybridized carbons (Fsp3) is 0.0500. The first-order valence-electron chi connectivity index (χ1n) is 8.16. The summed E-state index contributed by atoms with van der Waals surface area (Å²) >= 11 is 5.82. The number of carbonyl (C=O) groups excluding carboxylic acids is 1. The maximum absolute atomic E-state index is 13.7. The molecule has 0 aliphatic heterocycles. The van der Waals surface area contributed by atoms with Gasteiger partial charge in [0, 0.05) is 17.2 Å². The van der Waals surface area contributed by atoms with Gasteiger partial charge in [0.1, 0.15) is 12.4 Å². The van der Waals surface area contributed by atoms with Crippen LogP contribution < -0.4 is 4.74 Å². The normalized spacial score (nSPS) is 10.4. The minimum absolute atomic E-state index is 0.235. The Labute approximate surface area is 168 Å².